The van der Waals surface area contributed by atoms with Gasteiger partial charge < -0.3 is 10.1 Å². The minimum atomic E-state index is 0.289. The third kappa shape index (κ3) is 3.01. The lowest BCUT2D eigenvalue weighted by Crippen LogP contribution is -2.56. The maximum absolute atomic E-state index is 5.52. The lowest BCUT2D eigenvalue weighted by atomic mass is 9.88. The second-order valence-electron chi connectivity index (χ2n) is 6.23. The van der Waals surface area contributed by atoms with Gasteiger partial charge in [0.1, 0.15) is 0 Å². The summed E-state index contributed by atoms with van der Waals surface area (Å²) in [6.07, 6.45) is 4.85. The normalized spacial score (nSPS) is 35.5. The molecule has 0 aromatic heterocycles. The number of hydrogen-bond acceptors (Lipinski definition) is 3. The van der Waals surface area contributed by atoms with E-state index in [2.05, 4.69) is 31.0 Å². The van der Waals surface area contributed by atoms with E-state index in [1.807, 2.05) is 0 Å². The molecule has 2 rings (SSSR count). The Morgan fingerprint density at radius 2 is 1.94 bits per heavy atom. The molecule has 1 unspecified atom stereocenters. The van der Waals surface area contributed by atoms with Crippen LogP contribution >= 0.6 is 0 Å². The van der Waals surface area contributed by atoms with Crippen molar-refractivity contribution in [2.24, 2.45) is 0 Å². The fraction of sp³-hybridized carbons (Fsp3) is 1.00. The fourth-order valence-electron chi connectivity index (χ4n) is 3.04. The molecule has 0 radical (unpaired) electrons. The molecule has 0 spiro atoms. The van der Waals surface area contributed by atoms with E-state index in [-0.39, 0.29) is 5.54 Å². The molecule has 2 aliphatic heterocycles. The van der Waals surface area contributed by atoms with Crippen molar-refractivity contribution < 1.29 is 4.74 Å². The molecule has 1 atom stereocenters. The van der Waals surface area contributed by atoms with Crippen LogP contribution in [0.5, 0.6) is 0 Å². The first-order valence-corrected chi connectivity index (χ1v) is 7.16. The quantitative estimate of drug-likeness (QED) is 0.799. The lowest BCUT2D eigenvalue weighted by Gasteiger charge is -2.46. The zero-order valence-electron chi connectivity index (χ0n) is 11.7. The highest BCUT2D eigenvalue weighted by atomic mass is 16.5. The minimum absolute atomic E-state index is 0.289. The van der Waals surface area contributed by atoms with Crippen LogP contribution in [0.3, 0.4) is 0 Å². The summed E-state index contributed by atoms with van der Waals surface area (Å²) in [4.78, 5) is 2.72. The van der Waals surface area contributed by atoms with Crippen molar-refractivity contribution in [1.29, 1.82) is 0 Å². The van der Waals surface area contributed by atoms with Gasteiger partial charge in [-0.05, 0) is 52.6 Å². The first-order valence-electron chi connectivity index (χ1n) is 7.16. The van der Waals surface area contributed by atoms with Gasteiger partial charge in [0.05, 0.1) is 0 Å². The average molecular weight is 240 g/mol. The number of ether oxygens (including phenoxy) is 1. The minimum Gasteiger partial charge on any atom is -0.381 e. The van der Waals surface area contributed by atoms with Gasteiger partial charge in [-0.2, -0.15) is 0 Å². The van der Waals surface area contributed by atoms with Crippen LogP contribution in [0.4, 0.5) is 0 Å². The van der Waals surface area contributed by atoms with Crippen LogP contribution in [0.15, 0.2) is 0 Å². The van der Waals surface area contributed by atoms with Crippen LogP contribution in [-0.2, 0) is 4.74 Å². The predicted molar refractivity (Wildman–Crippen MR) is 71.3 cm³/mol. The van der Waals surface area contributed by atoms with Crippen LogP contribution in [0, 0.1) is 0 Å². The summed E-state index contributed by atoms with van der Waals surface area (Å²) < 4.78 is 5.52. The van der Waals surface area contributed by atoms with Gasteiger partial charge in [-0.15, -0.1) is 0 Å². The summed E-state index contributed by atoms with van der Waals surface area (Å²) in [5.74, 6) is 0. The van der Waals surface area contributed by atoms with Gasteiger partial charge in [0.2, 0.25) is 0 Å². The Morgan fingerprint density at radius 1 is 1.24 bits per heavy atom. The molecule has 2 aliphatic rings. The molecule has 3 heteroatoms. The van der Waals surface area contributed by atoms with Gasteiger partial charge >= 0.3 is 0 Å². The molecular formula is C14H28N2O. The summed E-state index contributed by atoms with van der Waals surface area (Å²) in [6, 6.07) is 0. The summed E-state index contributed by atoms with van der Waals surface area (Å²) in [5.41, 5.74) is 0.651. The van der Waals surface area contributed by atoms with Gasteiger partial charge in [0.25, 0.3) is 0 Å². The topological polar surface area (TPSA) is 24.5 Å². The van der Waals surface area contributed by atoms with Crippen molar-refractivity contribution in [3.8, 4) is 0 Å². The van der Waals surface area contributed by atoms with Crippen molar-refractivity contribution >= 4 is 0 Å². The molecule has 2 saturated heterocycles. The van der Waals surface area contributed by atoms with E-state index in [1.165, 1.54) is 38.8 Å². The highest BCUT2D eigenvalue weighted by Crippen LogP contribution is 2.30. The zero-order valence-corrected chi connectivity index (χ0v) is 11.7. The third-order valence-corrected chi connectivity index (χ3v) is 4.81. The molecule has 3 nitrogen and oxygen atoms in total. The van der Waals surface area contributed by atoms with Crippen molar-refractivity contribution in [3.05, 3.63) is 0 Å². The van der Waals surface area contributed by atoms with E-state index < -0.39 is 0 Å². The van der Waals surface area contributed by atoms with Crippen molar-refractivity contribution in [2.45, 2.75) is 57.5 Å². The van der Waals surface area contributed by atoms with Crippen LogP contribution < -0.4 is 5.32 Å². The fourth-order valence-corrected chi connectivity index (χ4v) is 3.04. The standard InChI is InChI=1S/C14H28N2O/c1-4-13(2)12-16(9-5-8-15-13)14(3)6-10-17-11-7-14/h15H,4-12H2,1-3H3. The maximum Gasteiger partial charge on any atom is 0.0483 e. The predicted octanol–water partition coefficient (Wildman–Crippen LogP) is 2.02. The zero-order chi connectivity index (χ0) is 12.4. The summed E-state index contributed by atoms with van der Waals surface area (Å²) in [5, 5.41) is 3.72. The smallest absolute Gasteiger partial charge is 0.0483 e. The first kappa shape index (κ1) is 13.3. The Kier molecular flexibility index (Phi) is 4.11. The van der Waals surface area contributed by atoms with E-state index in [4.69, 9.17) is 4.74 Å². The van der Waals surface area contributed by atoms with Crippen LogP contribution in [-0.4, -0.2) is 48.8 Å². The monoisotopic (exact) mass is 240 g/mol. The van der Waals surface area contributed by atoms with Crippen molar-refractivity contribution in [3.63, 3.8) is 0 Å². The van der Waals surface area contributed by atoms with Gasteiger partial charge in [-0.3, -0.25) is 4.90 Å². The number of rotatable bonds is 2. The maximum atomic E-state index is 5.52. The lowest BCUT2D eigenvalue weighted by molar-refractivity contribution is -0.0249. The molecule has 0 bridgehead atoms. The van der Waals surface area contributed by atoms with Gasteiger partial charge in [-0.1, -0.05) is 6.92 Å². The molecule has 0 amide bonds. The third-order valence-electron chi connectivity index (χ3n) is 4.81. The molecule has 17 heavy (non-hydrogen) atoms. The highest BCUT2D eigenvalue weighted by molar-refractivity contribution is 4.96. The van der Waals surface area contributed by atoms with Crippen molar-refractivity contribution in [2.75, 3.05) is 32.8 Å². The van der Waals surface area contributed by atoms with Gasteiger partial charge in [0.15, 0.2) is 0 Å². The Labute approximate surface area is 106 Å². The second kappa shape index (κ2) is 5.25. The summed E-state index contributed by atoms with van der Waals surface area (Å²) >= 11 is 0. The summed E-state index contributed by atoms with van der Waals surface area (Å²) in [7, 11) is 0. The molecule has 2 heterocycles. The molecule has 1 N–H and O–H groups in total. The largest absolute Gasteiger partial charge is 0.381 e. The van der Waals surface area contributed by atoms with E-state index in [9.17, 15) is 0 Å². The van der Waals surface area contributed by atoms with Crippen LogP contribution in [0.25, 0.3) is 0 Å². The molecule has 100 valence electrons. The van der Waals surface area contributed by atoms with Crippen LogP contribution in [0.1, 0.15) is 46.5 Å². The Balaban J connectivity index is 2.07. The Morgan fingerprint density at radius 3 is 2.59 bits per heavy atom. The van der Waals surface area contributed by atoms with E-state index >= 15 is 0 Å². The molecule has 0 aliphatic carbocycles. The summed E-state index contributed by atoms with van der Waals surface area (Å²) in [6.45, 7) is 12.5. The van der Waals surface area contributed by atoms with E-state index in [1.54, 1.807) is 0 Å². The van der Waals surface area contributed by atoms with Gasteiger partial charge in [-0.25, -0.2) is 0 Å². The molecular weight excluding hydrogens is 212 g/mol. The molecule has 0 aromatic carbocycles. The van der Waals surface area contributed by atoms with Crippen LogP contribution in [0.2, 0.25) is 0 Å². The SMILES string of the molecule is CCC1(C)CN(C2(C)CCOCC2)CCCN1. The molecule has 0 saturated carbocycles. The number of hydrogen-bond donors (Lipinski definition) is 1. The molecule has 2 fully saturated rings. The Bertz CT molecular complexity index is 251. The first-order chi connectivity index (χ1) is 8.08. The molecule has 0 aromatic rings. The van der Waals surface area contributed by atoms with E-state index in [0.717, 1.165) is 19.8 Å². The Hall–Kier alpha value is -0.120. The highest BCUT2D eigenvalue weighted by Gasteiger charge is 2.38. The number of nitrogens with zero attached hydrogens (tertiary/aromatic N) is 1. The van der Waals surface area contributed by atoms with Crippen molar-refractivity contribution in [1.82, 2.24) is 10.2 Å². The van der Waals surface area contributed by atoms with E-state index in [0.29, 0.717) is 5.54 Å². The van der Waals surface area contributed by atoms with Gasteiger partial charge in [0, 0.05) is 30.8 Å². The second-order valence-corrected chi connectivity index (χ2v) is 6.23. The number of nitrogens with one attached hydrogen (secondary N) is 1. The average Bonchev–Trinajstić information content (AvgIpc) is 2.54.